The highest BCUT2D eigenvalue weighted by Gasteiger charge is 2.19. The van der Waals surface area contributed by atoms with Crippen molar-refractivity contribution in [1.82, 2.24) is 0 Å². The first-order valence-corrected chi connectivity index (χ1v) is 34.0. The van der Waals surface area contributed by atoms with Crippen molar-refractivity contribution in [3.63, 3.8) is 0 Å². The summed E-state index contributed by atoms with van der Waals surface area (Å²) < 4.78 is 16.9. The number of carbonyl (C=O) groups is 3. The summed E-state index contributed by atoms with van der Waals surface area (Å²) in [5.74, 6) is -0.910. The van der Waals surface area contributed by atoms with Gasteiger partial charge in [-0.05, 0) is 128 Å². The Morgan fingerprint density at radius 2 is 0.506 bits per heavy atom. The second-order valence-corrected chi connectivity index (χ2v) is 22.3. The lowest BCUT2D eigenvalue weighted by atomic mass is 10.0. The van der Waals surface area contributed by atoms with Crippen molar-refractivity contribution in [2.24, 2.45) is 0 Å². The van der Waals surface area contributed by atoms with E-state index in [1.165, 1.54) is 135 Å². The molecule has 0 aromatic carbocycles. The molecular formula is C75H126O6. The molecule has 0 spiro atoms. The lowest BCUT2D eigenvalue weighted by Crippen LogP contribution is -2.30. The van der Waals surface area contributed by atoms with Crippen LogP contribution in [0.15, 0.2) is 122 Å². The van der Waals surface area contributed by atoms with Crippen LogP contribution in [0.5, 0.6) is 0 Å². The molecule has 1 atom stereocenters. The first kappa shape index (κ1) is 76.8. The zero-order chi connectivity index (χ0) is 58.5. The van der Waals surface area contributed by atoms with Crippen molar-refractivity contribution in [1.29, 1.82) is 0 Å². The van der Waals surface area contributed by atoms with Gasteiger partial charge in [0.15, 0.2) is 6.10 Å². The second kappa shape index (κ2) is 68.3. The highest BCUT2D eigenvalue weighted by Crippen LogP contribution is 2.16. The van der Waals surface area contributed by atoms with Gasteiger partial charge in [0.25, 0.3) is 0 Å². The minimum absolute atomic E-state index is 0.0896. The summed E-state index contributed by atoms with van der Waals surface area (Å²) in [4.78, 5) is 38.4. The molecule has 0 heterocycles. The lowest BCUT2D eigenvalue weighted by molar-refractivity contribution is -0.167. The van der Waals surface area contributed by atoms with Crippen LogP contribution in [0.4, 0.5) is 0 Å². The molecule has 0 N–H and O–H groups in total. The van der Waals surface area contributed by atoms with Gasteiger partial charge in [-0.25, -0.2) is 0 Å². The number of esters is 3. The van der Waals surface area contributed by atoms with Crippen molar-refractivity contribution < 1.29 is 28.6 Å². The number of ether oxygens (including phenoxy) is 3. The van der Waals surface area contributed by atoms with Gasteiger partial charge in [0, 0.05) is 19.3 Å². The van der Waals surface area contributed by atoms with E-state index in [4.69, 9.17) is 14.2 Å². The molecule has 0 rings (SSSR count). The van der Waals surface area contributed by atoms with Crippen molar-refractivity contribution in [3.05, 3.63) is 122 Å². The van der Waals surface area contributed by atoms with Crippen LogP contribution < -0.4 is 0 Å². The van der Waals surface area contributed by atoms with Crippen molar-refractivity contribution in [2.45, 2.75) is 322 Å². The molecule has 0 fully saturated rings. The van der Waals surface area contributed by atoms with Gasteiger partial charge >= 0.3 is 17.9 Å². The van der Waals surface area contributed by atoms with E-state index < -0.39 is 6.10 Å². The molecule has 0 saturated heterocycles. The Morgan fingerprint density at radius 3 is 0.802 bits per heavy atom. The molecule has 462 valence electrons. The van der Waals surface area contributed by atoms with E-state index in [-0.39, 0.29) is 31.1 Å². The third-order valence-corrected chi connectivity index (χ3v) is 14.4. The summed E-state index contributed by atoms with van der Waals surface area (Å²) in [7, 11) is 0. The molecule has 6 heteroatoms. The van der Waals surface area contributed by atoms with Gasteiger partial charge in [0.1, 0.15) is 13.2 Å². The molecule has 0 aromatic rings. The third-order valence-electron chi connectivity index (χ3n) is 14.4. The van der Waals surface area contributed by atoms with Crippen LogP contribution in [-0.2, 0) is 28.6 Å². The fourth-order valence-electron chi connectivity index (χ4n) is 9.34. The number of unbranched alkanes of at least 4 members (excludes halogenated alkanes) is 30. The summed E-state index contributed by atoms with van der Waals surface area (Å²) in [6.07, 6.45) is 95.0. The van der Waals surface area contributed by atoms with Crippen molar-refractivity contribution in [3.8, 4) is 0 Å². The Morgan fingerprint density at radius 1 is 0.259 bits per heavy atom. The zero-order valence-electron chi connectivity index (χ0n) is 53.0. The number of hydrogen-bond acceptors (Lipinski definition) is 6. The van der Waals surface area contributed by atoms with Gasteiger partial charge in [0.05, 0.1) is 0 Å². The Kier molecular flexibility index (Phi) is 64.8. The van der Waals surface area contributed by atoms with E-state index in [0.717, 1.165) is 141 Å². The van der Waals surface area contributed by atoms with Crippen LogP contribution >= 0.6 is 0 Å². The van der Waals surface area contributed by atoms with Gasteiger partial charge in [-0.2, -0.15) is 0 Å². The predicted octanol–water partition coefficient (Wildman–Crippen LogP) is 23.6. The Balaban J connectivity index is 4.33. The first-order chi connectivity index (χ1) is 40.0. The van der Waals surface area contributed by atoms with E-state index in [2.05, 4.69) is 142 Å². The Bertz CT molecular complexity index is 1670. The molecule has 81 heavy (non-hydrogen) atoms. The fourth-order valence-corrected chi connectivity index (χ4v) is 9.34. The minimum atomic E-state index is -0.796. The summed E-state index contributed by atoms with van der Waals surface area (Å²) in [5.41, 5.74) is 0. The highest BCUT2D eigenvalue weighted by molar-refractivity contribution is 5.71. The number of allylic oxidation sites excluding steroid dienone is 20. The highest BCUT2D eigenvalue weighted by atomic mass is 16.6. The number of carbonyl (C=O) groups excluding carboxylic acids is 3. The molecule has 0 aromatic heterocycles. The molecule has 0 radical (unpaired) electrons. The predicted molar refractivity (Wildman–Crippen MR) is 353 cm³/mol. The second-order valence-electron chi connectivity index (χ2n) is 22.3. The maximum Gasteiger partial charge on any atom is 0.306 e. The topological polar surface area (TPSA) is 78.9 Å². The first-order valence-electron chi connectivity index (χ1n) is 34.0. The fraction of sp³-hybridized carbons (Fsp3) is 0.693. The van der Waals surface area contributed by atoms with Crippen LogP contribution in [0.1, 0.15) is 316 Å². The Hall–Kier alpha value is -4.19. The van der Waals surface area contributed by atoms with E-state index in [0.29, 0.717) is 19.3 Å². The van der Waals surface area contributed by atoms with Crippen LogP contribution in [0.3, 0.4) is 0 Å². The number of rotatable bonds is 61. The molecule has 0 saturated carbocycles. The monoisotopic (exact) mass is 1120 g/mol. The van der Waals surface area contributed by atoms with Crippen LogP contribution in [0, 0.1) is 0 Å². The summed E-state index contributed by atoms with van der Waals surface area (Å²) in [6, 6.07) is 0. The molecule has 0 aliphatic heterocycles. The minimum Gasteiger partial charge on any atom is -0.462 e. The molecule has 0 aliphatic rings. The number of hydrogen-bond donors (Lipinski definition) is 0. The van der Waals surface area contributed by atoms with Crippen LogP contribution in [0.2, 0.25) is 0 Å². The molecule has 0 amide bonds. The molecule has 0 bridgehead atoms. The quantitative estimate of drug-likeness (QED) is 0.0261. The van der Waals surface area contributed by atoms with Gasteiger partial charge in [-0.1, -0.05) is 290 Å². The van der Waals surface area contributed by atoms with E-state index in [1.54, 1.807) is 0 Å². The van der Waals surface area contributed by atoms with E-state index >= 15 is 0 Å². The normalized spacial score (nSPS) is 12.9. The van der Waals surface area contributed by atoms with E-state index in [1.807, 2.05) is 0 Å². The largest absolute Gasteiger partial charge is 0.462 e. The Labute approximate surface area is 501 Å². The van der Waals surface area contributed by atoms with Crippen LogP contribution in [-0.4, -0.2) is 37.2 Å². The average Bonchev–Trinajstić information content (AvgIpc) is 3.46. The maximum absolute atomic E-state index is 12.9. The van der Waals surface area contributed by atoms with Crippen molar-refractivity contribution >= 4 is 17.9 Å². The lowest BCUT2D eigenvalue weighted by Gasteiger charge is -2.18. The van der Waals surface area contributed by atoms with E-state index in [9.17, 15) is 14.4 Å². The van der Waals surface area contributed by atoms with Crippen molar-refractivity contribution in [2.75, 3.05) is 13.2 Å². The summed E-state index contributed by atoms with van der Waals surface area (Å²) in [6.45, 7) is 6.45. The standard InChI is InChI=1S/C75H126O6/c1-4-7-10-13-16-19-22-25-27-29-31-33-35-36-37-38-40-41-43-45-47-50-53-56-59-62-65-68-74(77)80-71-72(70-79-73(76)67-64-61-58-55-52-49-24-21-18-15-12-9-6-3)81-75(78)69-66-63-60-57-54-51-48-46-44-42-39-34-32-30-28-26-23-20-17-14-11-8-5-2/h8,11-12,15,17,20-22,24-26,28-29,31-32,34-36,42,44,72H,4-7,9-10,13-14,16,18-19,23,27,30,33,37-41,43,45-71H2,1-3H3/b11-8-,15-12-,20-17-,24-21-,25-22-,28-26-,31-29-,34-32-,36-35-,44-42-. The third kappa shape index (κ3) is 66.5. The molecular weight excluding hydrogens is 997 g/mol. The van der Waals surface area contributed by atoms with Crippen LogP contribution in [0.25, 0.3) is 0 Å². The maximum atomic E-state index is 12.9. The molecule has 1 unspecified atom stereocenters. The smallest absolute Gasteiger partial charge is 0.306 e. The van der Waals surface area contributed by atoms with Gasteiger partial charge in [-0.15, -0.1) is 0 Å². The zero-order valence-corrected chi connectivity index (χ0v) is 53.0. The van der Waals surface area contributed by atoms with Gasteiger partial charge < -0.3 is 14.2 Å². The summed E-state index contributed by atoms with van der Waals surface area (Å²) in [5, 5.41) is 0. The molecule has 6 nitrogen and oxygen atoms in total. The SMILES string of the molecule is CC/C=C\C/C=C\C/C=C\C/C=C\C/C=C\CCCCCCCCCC(=O)OC(COC(=O)CCCCCCC/C=C\C/C=C\CCC)COC(=O)CCCCCCCCCCCCCC/C=C\C/C=C\C/C=C\CCCCCCC. The average molecular weight is 1120 g/mol. The molecule has 0 aliphatic carbocycles. The van der Waals surface area contributed by atoms with Gasteiger partial charge in [-0.3, -0.25) is 14.4 Å². The summed E-state index contributed by atoms with van der Waals surface area (Å²) >= 11 is 0. The van der Waals surface area contributed by atoms with Gasteiger partial charge in [0.2, 0.25) is 0 Å².